The molecule has 0 saturated heterocycles. The van der Waals surface area contributed by atoms with Gasteiger partial charge in [-0.2, -0.15) is 0 Å². The van der Waals surface area contributed by atoms with Crippen molar-refractivity contribution in [2.75, 3.05) is 6.54 Å². The highest BCUT2D eigenvalue weighted by Gasteiger charge is 2.20. The summed E-state index contributed by atoms with van der Waals surface area (Å²) >= 11 is 0. The van der Waals surface area contributed by atoms with Crippen LogP contribution in [-0.2, 0) is 0 Å². The molecule has 19 heavy (non-hydrogen) atoms. The highest BCUT2D eigenvalue weighted by atomic mass is 14.9. The molecule has 2 rings (SSSR count). The Morgan fingerprint density at radius 1 is 1.11 bits per heavy atom. The quantitative estimate of drug-likeness (QED) is 0.577. The molecule has 0 heterocycles. The van der Waals surface area contributed by atoms with Crippen LogP contribution in [0, 0.1) is 5.92 Å². The second-order valence-corrected chi connectivity index (χ2v) is 6.00. The van der Waals surface area contributed by atoms with E-state index in [4.69, 9.17) is 0 Å². The fourth-order valence-electron chi connectivity index (χ4n) is 2.74. The van der Waals surface area contributed by atoms with E-state index in [1.54, 1.807) is 0 Å². The van der Waals surface area contributed by atoms with Crippen LogP contribution in [0.4, 0.5) is 0 Å². The number of hydrogen-bond donors (Lipinski definition) is 1. The summed E-state index contributed by atoms with van der Waals surface area (Å²) < 4.78 is 0. The molecule has 1 aliphatic rings. The summed E-state index contributed by atoms with van der Waals surface area (Å²) in [6, 6.07) is 11.5. The third-order valence-electron chi connectivity index (χ3n) is 4.18. The average Bonchev–Trinajstić information content (AvgIpc) is 3.27. The van der Waals surface area contributed by atoms with E-state index in [0.29, 0.717) is 6.04 Å². The lowest BCUT2D eigenvalue weighted by atomic mass is 10.00. The molecule has 1 fully saturated rings. The van der Waals surface area contributed by atoms with Crippen molar-refractivity contribution in [3.8, 4) is 0 Å². The van der Waals surface area contributed by atoms with E-state index in [2.05, 4.69) is 42.6 Å². The monoisotopic (exact) mass is 259 g/mol. The highest BCUT2D eigenvalue weighted by molar-refractivity contribution is 5.18. The Morgan fingerprint density at radius 2 is 1.89 bits per heavy atom. The van der Waals surface area contributed by atoms with Gasteiger partial charge in [0.25, 0.3) is 0 Å². The van der Waals surface area contributed by atoms with Crippen LogP contribution in [0.15, 0.2) is 30.3 Å². The lowest BCUT2D eigenvalue weighted by Crippen LogP contribution is -2.22. The Labute approximate surface area is 118 Å². The molecule has 0 amide bonds. The van der Waals surface area contributed by atoms with Gasteiger partial charge in [-0.1, -0.05) is 69.4 Å². The normalized spacial score (nSPS) is 16.5. The van der Waals surface area contributed by atoms with Crippen LogP contribution in [-0.4, -0.2) is 6.54 Å². The molecule has 1 N–H and O–H groups in total. The Balaban J connectivity index is 1.75. The van der Waals surface area contributed by atoms with Gasteiger partial charge in [0.05, 0.1) is 0 Å². The molecule has 0 aliphatic heterocycles. The maximum atomic E-state index is 3.78. The van der Waals surface area contributed by atoms with Gasteiger partial charge in [0, 0.05) is 6.04 Å². The van der Waals surface area contributed by atoms with Crippen molar-refractivity contribution in [2.24, 2.45) is 5.92 Å². The molecule has 0 radical (unpaired) electrons. The molecule has 1 aromatic carbocycles. The molecule has 1 aliphatic carbocycles. The second kappa shape index (κ2) is 8.37. The van der Waals surface area contributed by atoms with Gasteiger partial charge in [-0.25, -0.2) is 0 Å². The minimum absolute atomic E-state index is 0.562. The first-order chi connectivity index (χ1) is 9.40. The topological polar surface area (TPSA) is 12.0 Å². The molecule has 0 spiro atoms. The van der Waals surface area contributed by atoms with Crippen molar-refractivity contribution < 1.29 is 0 Å². The van der Waals surface area contributed by atoms with Gasteiger partial charge < -0.3 is 5.32 Å². The number of unbranched alkanes of at least 4 members (excludes halogenated alkanes) is 2. The van der Waals surface area contributed by atoms with Crippen LogP contribution >= 0.6 is 0 Å². The zero-order valence-corrected chi connectivity index (χ0v) is 12.4. The van der Waals surface area contributed by atoms with Gasteiger partial charge in [-0.15, -0.1) is 0 Å². The van der Waals surface area contributed by atoms with E-state index >= 15 is 0 Å². The summed E-state index contributed by atoms with van der Waals surface area (Å²) in [6.45, 7) is 3.46. The van der Waals surface area contributed by atoms with Gasteiger partial charge in [0.15, 0.2) is 0 Å². The maximum absolute atomic E-state index is 3.78. The first kappa shape index (κ1) is 14.6. The number of hydrogen-bond acceptors (Lipinski definition) is 1. The van der Waals surface area contributed by atoms with Crippen molar-refractivity contribution in [2.45, 2.75) is 64.3 Å². The van der Waals surface area contributed by atoms with Crippen molar-refractivity contribution in [3.05, 3.63) is 35.9 Å². The van der Waals surface area contributed by atoms with Crippen molar-refractivity contribution in [1.82, 2.24) is 5.32 Å². The first-order valence-corrected chi connectivity index (χ1v) is 8.18. The molecule has 1 heteroatoms. The van der Waals surface area contributed by atoms with Crippen molar-refractivity contribution in [3.63, 3.8) is 0 Å². The Hall–Kier alpha value is -0.820. The van der Waals surface area contributed by atoms with Gasteiger partial charge in [-0.05, 0) is 37.3 Å². The van der Waals surface area contributed by atoms with E-state index in [-0.39, 0.29) is 0 Å². The number of benzene rings is 1. The summed E-state index contributed by atoms with van der Waals surface area (Å²) in [7, 11) is 0. The molecule has 1 atom stereocenters. The Kier molecular flexibility index (Phi) is 6.43. The molecule has 0 bridgehead atoms. The van der Waals surface area contributed by atoms with Crippen LogP contribution in [0.25, 0.3) is 0 Å². The summed E-state index contributed by atoms with van der Waals surface area (Å²) in [6.07, 6.45) is 11.0. The standard InChI is InChI=1S/C18H29N/c1-2-3-5-12-18(17-10-6-4-7-11-17)19-15-8-9-16-13-14-16/h4,6-7,10-11,16,18-19H,2-3,5,8-9,12-15H2,1H3. The Bertz CT molecular complexity index is 329. The maximum Gasteiger partial charge on any atom is 0.0320 e. The SMILES string of the molecule is CCCCCC(NCCCC1CC1)c1ccccc1. The lowest BCUT2D eigenvalue weighted by molar-refractivity contribution is 0.461. The fraction of sp³-hybridized carbons (Fsp3) is 0.667. The summed E-state index contributed by atoms with van der Waals surface area (Å²) in [5.74, 6) is 1.07. The molecule has 106 valence electrons. The van der Waals surface area contributed by atoms with E-state index in [0.717, 1.165) is 5.92 Å². The van der Waals surface area contributed by atoms with Crippen LogP contribution in [0.5, 0.6) is 0 Å². The smallest absolute Gasteiger partial charge is 0.0320 e. The van der Waals surface area contributed by atoms with E-state index < -0.39 is 0 Å². The van der Waals surface area contributed by atoms with Crippen LogP contribution in [0.2, 0.25) is 0 Å². The molecule has 1 nitrogen and oxygen atoms in total. The van der Waals surface area contributed by atoms with Crippen LogP contribution < -0.4 is 5.32 Å². The molecular weight excluding hydrogens is 230 g/mol. The second-order valence-electron chi connectivity index (χ2n) is 6.00. The van der Waals surface area contributed by atoms with E-state index in [1.807, 2.05) is 0 Å². The summed E-state index contributed by atoms with van der Waals surface area (Å²) in [4.78, 5) is 0. The lowest BCUT2D eigenvalue weighted by Gasteiger charge is -2.19. The first-order valence-electron chi connectivity index (χ1n) is 8.18. The summed E-state index contributed by atoms with van der Waals surface area (Å²) in [5, 5.41) is 3.78. The zero-order valence-electron chi connectivity index (χ0n) is 12.4. The fourth-order valence-corrected chi connectivity index (χ4v) is 2.74. The van der Waals surface area contributed by atoms with Crippen molar-refractivity contribution >= 4 is 0 Å². The predicted octanol–water partition coefficient (Wildman–Crippen LogP) is 5.09. The largest absolute Gasteiger partial charge is 0.310 e. The van der Waals surface area contributed by atoms with Gasteiger partial charge in [-0.3, -0.25) is 0 Å². The van der Waals surface area contributed by atoms with Crippen LogP contribution in [0.1, 0.15) is 69.9 Å². The molecule has 0 aromatic heterocycles. The number of rotatable bonds is 10. The molecule has 1 saturated carbocycles. The predicted molar refractivity (Wildman–Crippen MR) is 83.3 cm³/mol. The van der Waals surface area contributed by atoms with Crippen molar-refractivity contribution in [1.29, 1.82) is 0 Å². The van der Waals surface area contributed by atoms with Gasteiger partial charge in [0.2, 0.25) is 0 Å². The summed E-state index contributed by atoms with van der Waals surface area (Å²) in [5.41, 5.74) is 1.46. The molecule has 1 unspecified atom stereocenters. The number of nitrogens with one attached hydrogen (secondary N) is 1. The minimum Gasteiger partial charge on any atom is -0.310 e. The van der Waals surface area contributed by atoms with Crippen LogP contribution in [0.3, 0.4) is 0 Å². The zero-order chi connectivity index (χ0) is 13.3. The van der Waals surface area contributed by atoms with E-state index in [9.17, 15) is 0 Å². The van der Waals surface area contributed by atoms with Gasteiger partial charge >= 0.3 is 0 Å². The van der Waals surface area contributed by atoms with Gasteiger partial charge in [0.1, 0.15) is 0 Å². The molecule has 1 aromatic rings. The Morgan fingerprint density at radius 3 is 2.58 bits per heavy atom. The van der Waals surface area contributed by atoms with E-state index in [1.165, 1.54) is 63.5 Å². The average molecular weight is 259 g/mol. The third kappa shape index (κ3) is 5.78. The highest BCUT2D eigenvalue weighted by Crippen LogP contribution is 2.33. The minimum atomic E-state index is 0.562. The molecular formula is C18H29N. The third-order valence-corrected chi connectivity index (χ3v) is 4.18.